The van der Waals surface area contributed by atoms with Crippen molar-refractivity contribution in [3.8, 4) is 0 Å². The van der Waals surface area contributed by atoms with Gasteiger partial charge >= 0.3 is 0 Å². The van der Waals surface area contributed by atoms with Crippen molar-refractivity contribution in [2.75, 3.05) is 7.05 Å². The van der Waals surface area contributed by atoms with Gasteiger partial charge in [0.2, 0.25) is 0 Å². The molecule has 0 N–H and O–H groups in total. The molecule has 1 aliphatic rings. The summed E-state index contributed by atoms with van der Waals surface area (Å²) in [6.07, 6.45) is 5.32. The molecule has 1 aromatic rings. The average Bonchev–Trinajstić information content (AvgIpc) is 2.84. The maximum absolute atomic E-state index is 2.61. The van der Waals surface area contributed by atoms with Gasteiger partial charge in [-0.15, -0.1) is 0 Å². The van der Waals surface area contributed by atoms with E-state index in [1.54, 1.807) is 0 Å². The third kappa shape index (κ3) is 4.32. The molecule has 1 unspecified atom stereocenters. The van der Waals surface area contributed by atoms with Gasteiger partial charge in [-0.1, -0.05) is 52.0 Å². The predicted molar refractivity (Wildman–Crippen MR) is 92.9 cm³/mol. The van der Waals surface area contributed by atoms with Crippen LogP contribution in [-0.4, -0.2) is 24.0 Å². The zero-order valence-electron chi connectivity index (χ0n) is 14.8. The highest BCUT2D eigenvalue weighted by molar-refractivity contribution is 5.28. The minimum atomic E-state index is 0.251. The molecule has 0 bridgehead atoms. The fraction of sp³-hybridized carbons (Fsp3) is 0.700. The van der Waals surface area contributed by atoms with Crippen LogP contribution in [-0.2, 0) is 11.8 Å². The molecule has 0 radical (unpaired) electrons. The Hall–Kier alpha value is -0.820. The molecule has 1 nitrogen and oxygen atoms in total. The Morgan fingerprint density at radius 2 is 1.76 bits per heavy atom. The van der Waals surface area contributed by atoms with E-state index >= 15 is 0 Å². The maximum Gasteiger partial charge on any atom is 0.0107 e. The van der Waals surface area contributed by atoms with Crippen LogP contribution in [0.4, 0.5) is 0 Å². The van der Waals surface area contributed by atoms with Crippen LogP contribution in [0.15, 0.2) is 24.3 Å². The highest BCUT2D eigenvalue weighted by atomic mass is 15.2. The van der Waals surface area contributed by atoms with E-state index < -0.39 is 0 Å². The summed E-state index contributed by atoms with van der Waals surface area (Å²) < 4.78 is 0. The summed E-state index contributed by atoms with van der Waals surface area (Å²) in [4.78, 5) is 2.61. The van der Waals surface area contributed by atoms with Crippen molar-refractivity contribution in [3.05, 3.63) is 35.4 Å². The third-order valence-electron chi connectivity index (χ3n) is 5.29. The van der Waals surface area contributed by atoms with Crippen LogP contribution in [0, 0.1) is 5.92 Å². The van der Waals surface area contributed by atoms with Crippen molar-refractivity contribution in [1.82, 2.24) is 4.90 Å². The summed E-state index contributed by atoms with van der Waals surface area (Å²) in [7, 11) is 2.32. The van der Waals surface area contributed by atoms with Gasteiger partial charge in [0.1, 0.15) is 0 Å². The third-order valence-corrected chi connectivity index (χ3v) is 5.29. The van der Waals surface area contributed by atoms with Gasteiger partial charge in [-0.3, -0.25) is 0 Å². The Morgan fingerprint density at radius 3 is 2.24 bits per heavy atom. The maximum atomic E-state index is 2.61. The van der Waals surface area contributed by atoms with Crippen molar-refractivity contribution in [2.24, 2.45) is 5.92 Å². The topological polar surface area (TPSA) is 3.24 Å². The lowest BCUT2D eigenvalue weighted by Crippen LogP contribution is -2.38. The summed E-state index contributed by atoms with van der Waals surface area (Å²) in [5.41, 5.74) is 3.14. The second kappa shape index (κ2) is 6.52. The molecule has 0 aromatic heterocycles. The smallest absolute Gasteiger partial charge is 0.0107 e. The van der Waals surface area contributed by atoms with Crippen LogP contribution in [0.25, 0.3) is 0 Å². The van der Waals surface area contributed by atoms with Crippen LogP contribution < -0.4 is 0 Å². The summed E-state index contributed by atoms with van der Waals surface area (Å²) in [6.45, 7) is 11.6. The number of likely N-dealkylation sites (N-methyl/N-ethyl adjacent to an activating group) is 1. The molecule has 0 amide bonds. The van der Waals surface area contributed by atoms with Crippen LogP contribution in [0.3, 0.4) is 0 Å². The first-order valence-electron chi connectivity index (χ1n) is 8.58. The first-order chi connectivity index (χ1) is 9.77. The predicted octanol–water partition coefficient (Wildman–Crippen LogP) is 5.04. The van der Waals surface area contributed by atoms with Crippen molar-refractivity contribution >= 4 is 0 Å². The second-order valence-electron chi connectivity index (χ2n) is 8.24. The van der Waals surface area contributed by atoms with Crippen molar-refractivity contribution in [3.63, 3.8) is 0 Å². The highest BCUT2D eigenvalue weighted by Gasteiger charge is 2.27. The minimum absolute atomic E-state index is 0.251. The zero-order chi connectivity index (χ0) is 15.6. The number of rotatable bonds is 4. The van der Waals surface area contributed by atoms with Gasteiger partial charge in [-0.2, -0.15) is 0 Å². The number of hydrogen-bond donors (Lipinski definition) is 0. The molecule has 0 saturated heterocycles. The van der Waals surface area contributed by atoms with E-state index in [0.29, 0.717) is 6.04 Å². The van der Waals surface area contributed by atoms with E-state index in [1.165, 1.54) is 30.4 Å². The monoisotopic (exact) mass is 287 g/mol. The SMILES string of the molecule is CC(Cc1ccc(C(C)(C)C)cc1)N(C)[C@H]1CC[C@H](C)C1. The zero-order valence-corrected chi connectivity index (χ0v) is 14.8. The Morgan fingerprint density at radius 1 is 1.14 bits per heavy atom. The van der Waals surface area contributed by atoms with Crippen molar-refractivity contribution in [2.45, 2.75) is 77.8 Å². The van der Waals surface area contributed by atoms with Crippen LogP contribution >= 0.6 is 0 Å². The fourth-order valence-electron chi connectivity index (χ4n) is 3.53. The van der Waals surface area contributed by atoms with Gasteiger partial charge in [-0.25, -0.2) is 0 Å². The molecule has 0 spiro atoms. The molecular formula is C20H33N. The average molecular weight is 287 g/mol. The summed E-state index contributed by atoms with van der Waals surface area (Å²) in [5, 5.41) is 0. The molecular weight excluding hydrogens is 254 g/mol. The van der Waals surface area contributed by atoms with Crippen LogP contribution in [0.2, 0.25) is 0 Å². The van der Waals surface area contributed by atoms with Crippen molar-refractivity contribution in [1.29, 1.82) is 0 Å². The Kier molecular flexibility index (Phi) is 5.14. The van der Waals surface area contributed by atoms with Gasteiger partial charge in [0.15, 0.2) is 0 Å². The van der Waals surface area contributed by atoms with Gasteiger partial charge < -0.3 is 4.90 Å². The van der Waals surface area contributed by atoms with E-state index in [-0.39, 0.29) is 5.41 Å². The van der Waals surface area contributed by atoms with Crippen LogP contribution in [0.1, 0.15) is 65.0 Å². The second-order valence-corrected chi connectivity index (χ2v) is 8.24. The van der Waals surface area contributed by atoms with E-state index in [2.05, 4.69) is 70.8 Å². The van der Waals surface area contributed by atoms with E-state index in [1.807, 2.05) is 0 Å². The first kappa shape index (κ1) is 16.5. The summed E-state index contributed by atoms with van der Waals surface area (Å²) in [5.74, 6) is 0.913. The summed E-state index contributed by atoms with van der Waals surface area (Å²) in [6, 6.07) is 10.7. The molecule has 1 heteroatoms. The van der Waals surface area contributed by atoms with Gasteiger partial charge in [0, 0.05) is 12.1 Å². The highest BCUT2D eigenvalue weighted by Crippen LogP contribution is 2.29. The van der Waals surface area contributed by atoms with Gasteiger partial charge in [0.25, 0.3) is 0 Å². The first-order valence-corrected chi connectivity index (χ1v) is 8.58. The van der Waals surface area contributed by atoms with Gasteiger partial charge in [0.05, 0.1) is 0 Å². The lowest BCUT2D eigenvalue weighted by atomic mass is 9.86. The van der Waals surface area contributed by atoms with E-state index in [0.717, 1.165) is 18.4 Å². The molecule has 118 valence electrons. The Balaban J connectivity index is 1.94. The van der Waals surface area contributed by atoms with Crippen molar-refractivity contribution < 1.29 is 0 Å². The minimum Gasteiger partial charge on any atom is -0.300 e. The Bertz CT molecular complexity index is 440. The molecule has 1 saturated carbocycles. The molecule has 3 atom stereocenters. The fourth-order valence-corrected chi connectivity index (χ4v) is 3.53. The lowest BCUT2D eigenvalue weighted by molar-refractivity contribution is 0.182. The molecule has 21 heavy (non-hydrogen) atoms. The largest absolute Gasteiger partial charge is 0.300 e. The molecule has 1 aliphatic carbocycles. The normalized spacial score (nSPS) is 24.5. The molecule has 2 rings (SSSR count). The standard InChI is InChI=1S/C20H33N/c1-15-7-12-19(13-15)21(6)16(2)14-17-8-10-18(11-9-17)20(3,4)5/h8-11,15-16,19H,7,12-14H2,1-6H3/t15-,16?,19-/m0/s1. The lowest BCUT2D eigenvalue weighted by Gasteiger charge is -2.31. The summed E-state index contributed by atoms with van der Waals surface area (Å²) >= 11 is 0. The van der Waals surface area contributed by atoms with Crippen LogP contribution in [0.5, 0.6) is 0 Å². The molecule has 1 aromatic carbocycles. The van der Waals surface area contributed by atoms with E-state index in [9.17, 15) is 0 Å². The van der Waals surface area contributed by atoms with E-state index in [4.69, 9.17) is 0 Å². The quantitative estimate of drug-likeness (QED) is 0.750. The van der Waals surface area contributed by atoms with Gasteiger partial charge in [-0.05, 0) is 62.1 Å². The Labute approximate surface area is 131 Å². The number of nitrogens with zero attached hydrogens (tertiary/aromatic N) is 1. The molecule has 1 fully saturated rings. The number of hydrogen-bond acceptors (Lipinski definition) is 1. The molecule has 0 aliphatic heterocycles. The molecule has 0 heterocycles. The number of benzene rings is 1.